The number of hydrazine groups is 1. The zero-order valence-corrected chi connectivity index (χ0v) is 14.4. The van der Waals surface area contributed by atoms with Crippen molar-refractivity contribution in [2.75, 3.05) is 5.32 Å². The first kappa shape index (κ1) is 18.5. The molecule has 0 atom stereocenters. The van der Waals surface area contributed by atoms with Crippen LogP contribution < -0.4 is 16.2 Å². The minimum Gasteiger partial charge on any atom is -0.322 e. The van der Waals surface area contributed by atoms with Gasteiger partial charge in [0.05, 0.1) is 11.3 Å². The largest absolute Gasteiger partial charge is 0.416 e. The maximum atomic E-state index is 12.7. The van der Waals surface area contributed by atoms with Crippen LogP contribution in [0.5, 0.6) is 0 Å². The van der Waals surface area contributed by atoms with Gasteiger partial charge in [0.2, 0.25) is 0 Å². The summed E-state index contributed by atoms with van der Waals surface area (Å²) in [5.41, 5.74) is 4.04. The summed E-state index contributed by atoms with van der Waals surface area (Å²) in [5, 5.41) is 3.96. The highest BCUT2D eigenvalue weighted by Gasteiger charge is 2.30. The highest BCUT2D eigenvalue weighted by atomic mass is 32.1. The SMILES string of the molecule is O=C(NNC(=O)c1sccc1-n1cccc1)Nc1cccc(C(F)(F)F)c1. The first-order valence-corrected chi connectivity index (χ1v) is 8.48. The molecular weight excluding hydrogens is 381 g/mol. The Morgan fingerprint density at radius 3 is 2.44 bits per heavy atom. The normalized spacial score (nSPS) is 11.1. The number of hydrogen-bond donors (Lipinski definition) is 3. The number of nitrogens with zero attached hydrogens (tertiary/aromatic N) is 1. The third kappa shape index (κ3) is 4.47. The zero-order chi connectivity index (χ0) is 19.4. The number of rotatable bonds is 3. The monoisotopic (exact) mass is 394 g/mol. The number of urea groups is 1. The number of carbonyl (C=O) groups excluding carboxylic acids is 2. The van der Waals surface area contributed by atoms with Crippen LogP contribution in [0.3, 0.4) is 0 Å². The molecular formula is C17H13F3N4O2S. The molecule has 3 amide bonds. The van der Waals surface area contributed by atoms with Crippen LogP contribution in [0.4, 0.5) is 23.7 Å². The Balaban J connectivity index is 1.60. The molecule has 27 heavy (non-hydrogen) atoms. The first-order valence-electron chi connectivity index (χ1n) is 7.60. The Morgan fingerprint density at radius 2 is 1.74 bits per heavy atom. The van der Waals surface area contributed by atoms with E-state index in [0.717, 1.165) is 12.1 Å². The van der Waals surface area contributed by atoms with E-state index in [9.17, 15) is 22.8 Å². The molecule has 2 heterocycles. The Hall–Kier alpha value is -3.27. The minimum atomic E-state index is -4.52. The molecule has 2 aromatic heterocycles. The van der Waals surface area contributed by atoms with E-state index >= 15 is 0 Å². The predicted molar refractivity (Wildman–Crippen MR) is 94.7 cm³/mol. The van der Waals surface area contributed by atoms with Gasteiger partial charge in [0, 0.05) is 18.1 Å². The third-order valence-electron chi connectivity index (χ3n) is 3.47. The van der Waals surface area contributed by atoms with Crippen LogP contribution in [-0.4, -0.2) is 16.5 Å². The molecule has 0 fully saturated rings. The first-order chi connectivity index (χ1) is 12.8. The molecule has 140 valence electrons. The predicted octanol–water partition coefficient (Wildman–Crippen LogP) is 4.02. The maximum absolute atomic E-state index is 12.7. The molecule has 0 saturated heterocycles. The van der Waals surface area contributed by atoms with E-state index in [1.807, 2.05) is 0 Å². The van der Waals surface area contributed by atoms with Gasteiger partial charge >= 0.3 is 12.2 Å². The maximum Gasteiger partial charge on any atom is 0.416 e. The van der Waals surface area contributed by atoms with Crippen molar-refractivity contribution in [1.82, 2.24) is 15.4 Å². The lowest BCUT2D eigenvalue weighted by molar-refractivity contribution is -0.137. The van der Waals surface area contributed by atoms with E-state index in [4.69, 9.17) is 0 Å². The minimum absolute atomic E-state index is 0.0549. The van der Waals surface area contributed by atoms with Gasteiger partial charge < -0.3 is 9.88 Å². The van der Waals surface area contributed by atoms with E-state index in [1.165, 1.54) is 23.5 Å². The van der Waals surface area contributed by atoms with Gasteiger partial charge in [0.25, 0.3) is 5.91 Å². The van der Waals surface area contributed by atoms with Crippen molar-refractivity contribution in [3.05, 3.63) is 70.7 Å². The lowest BCUT2D eigenvalue weighted by atomic mass is 10.2. The molecule has 1 aromatic carbocycles. The number of thiophene rings is 1. The van der Waals surface area contributed by atoms with Crippen LogP contribution >= 0.6 is 11.3 Å². The summed E-state index contributed by atoms with van der Waals surface area (Å²) >= 11 is 1.19. The standard InChI is InChI=1S/C17H13F3N4O2S/c18-17(19,20)11-4-3-5-12(10-11)21-16(26)23-22-15(25)14-13(6-9-27-14)24-7-1-2-8-24/h1-10H,(H,22,25)(H2,21,23,26). The van der Waals surface area contributed by atoms with E-state index in [2.05, 4.69) is 16.2 Å². The summed E-state index contributed by atoms with van der Waals surface area (Å²) < 4.78 is 39.8. The molecule has 0 aliphatic heterocycles. The zero-order valence-electron chi connectivity index (χ0n) is 13.6. The number of nitrogens with one attached hydrogen (secondary N) is 3. The van der Waals surface area contributed by atoms with Crippen molar-refractivity contribution >= 4 is 29.0 Å². The molecule has 0 aliphatic carbocycles. The van der Waals surface area contributed by atoms with Crippen molar-refractivity contribution in [3.8, 4) is 5.69 Å². The summed E-state index contributed by atoms with van der Waals surface area (Å²) in [5.74, 6) is -0.548. The molecule has 6 nitrogen and oxygen atoms in total. The van der Waals surface area contributed by atoms with Gasteiger partial charge in [-0.1, -0.05) is 6.07 Å². The van der Waals surface area contributed by atoms with Crippen LogP contribution in [0.1, 0.15) is 15.2 Å². The molecule has 0 radical (unpaired) electrons. The van der Waals surface area contributed by atoms with Gasteiger partial charge in [-0.3, -0.25) is 10.2 Å². The van der Waals surface area contributed by atoms with Crippen LogP contribution in [0.2, 0.25) is 0 Å². The Bertz CT molecular complexity index is 951. The summed E-state index contributed by atoms with van der Waals surface area (Å²) in [6.45, 7) is 0. The second kappa shape index (κ2) is 7.54. The fourth-order valence-corrected chi connectivity index (χ4v) is 3.06. The average molecular weight is 394 g/mol. The molecule has 3 N–H and O–H groups in total. The molecule has 3 aromatic rings. The number of carbonyl (C=O) groups is 2. The van der Waals surface area contributed by atoms with Gasteiger partial charge in [0.1, 0.15) is 4.88 Å². The number of aromatic nitrogens is 1. The van der Waals surface area contributed by atoms with Gasteiger partial charge in [-0.25, -0.2) is 10.2 Å². The van der Waals surface area contributed by atoms with E-state index < -0.39 is 23.7 Å². The van der Waals surface area contributed by atoms with Gasteiger partial charge in [-0.2, -0.15) is 13.2 Å². The van der Waals surface area contributed by atoms with Crippen molar-refractivity contribution in [3.63, 3.8) is 0 Å². The Morgan fingerprint density at radius 1 is 1.00 bits per heavy atom. The molecule has 3 rings (SSSR count). The van der Waals surface area contributed by atoms with E-state index in [-0.39, 0.29) is 5.69 Å². The Kier molecular flexibility index (Phi) is 5.17. The number of hydrogen-bond acceptors (Lipinski definition) is 3. The van der Waals surface area contributed by atoms with Crippen LogP contribution in [0.25, 0.3) is 5.69 Å². The second-order valence-corrected chi connectivity index (χ2v) is 6.25. The molecule has 0 spiro atoms. The number of amides is 3. The topological polar surface area (TPSA) is 75.2 Å². The van der Waals surface area contributed by atoms with Gasteiger partial charge in [-0.15, -0.1) is 11.3 Å². The molecule has 0 saturated carbocycles. The number of halogens is 3. The average Bonchev–Trinajstić information content (AvgIpc) is 3.30. The van der Waals surface area contributed by atoms with Crippen molar-refractivity contribution in [2.45, 2.75) is 6.18 Å². The molecule has 0 bridgehead atoms. The molecule has 10 heteroatoms. The summed E-state index contributed by atoms with van der Waals surface area (Å²) in [6, 6.07) is 8.66. The van der Waals surface area contributed by atoms with Crippen LogP contribution in [0.15, 0.2) is 60.2 Å². The second-order valence-electron chi connectivity index (χ2n) is 5.34. The number of alkyl halides is 3. The fraction of sp³-hybridized carbons (Fsp3) is 0.0588. The van der Waals surface area contributed by atoms with Crippen molar-refractivity contribution in [1.29, 1.82) is 0 Å². The third-order valence-corrected chi connectivity index (χ3v) is 4.37. The summed E-state index contributed by atoms with van der Waals surface area (Å²) in [4.78, 5) is 24.5. The summed E-state index contributed by atoms with van der Waals surface area (Å²) in [7, 11) is 0. The van der Waals surface area contributed by atoms with Crippen molar-refractivity contribution in [2.24, 2.45) is 0 Å². The summed E-state index contributed by atoms with van der Waals surface area (Å²) in [6.07, 6.45) is -0.977. The molecule has 0 aliphatic rings. The van der Waals surface area contributed by atoms with E-state index in [0.29, 0.717) is 10.6 Å². The van der Waals surface area contributed by atoms with Gasteiger partial charge in [-0.05, 0) is 41.8 Å². The number of anilines is 1. The van der Waals surface area contributed by atoms with Crippen LogP contribution in [0, 0.1) is 0 Å². The van der Waals surface area contributed by atoms with Crippen LogP contribution in [-0.2, 0) is 6.18 Å². The highest BCUT2D eigenvalue weighted by molar-refractivity contribution is 7.12. The fourth-order valence-electron chi connectivity index (χ4n) is 2.28. The van der Waals surface area contributed by atoms with Gasteiger partial charge in [0.15, 0.2) is 0 Å². The van der Waals surface area contributed by atoms with Crippen molar-refractivity contribution < 1.29 is 22.8 Å². The smallest absolute Gasteiger partial charge is 0.322 e. The quantitative estimate of drug-likeness (QED) is 0.587. The Labute approximate surface area is 155 Å². The van der Waals surface area contributed by atoms with E-state index in [1.54, 1.807) is 40.5 Å². The number of benzene rings is 1. The lowest BCUT2D eigenvalue weighted by Gasteiger charge is -2.11. The highest BCUT2D eigenvalue weighted by Crippen LogP contribution is 2.30. The molecule has 0 unspecified atom stereocenters. The lowest BCUT2D eigenvalue weighted by Crippen LogP contribution is -2.43.